The number of aryl methyl sites for hydroxylation is 1. The van der Waals surface area contributed by atoms with Crippen LogP contribution in [0.15, 0.2) is 47.4 Å². The Kier molecular flexibility index (Phi) is 3.29. The number of nitrogens with zero attached hydrogens (tertiary/aromatic N) is 4. The molecule has 1 aliphatic rings. The predicted octanol–water partition coefficient (Wildman–Crippen LogP) is 1.59. The number of para-hydroxylation sites is 1. The van der Waals surface area contributed by atoms with Crippen molar-refractivity contribution < 1.29 is 0 Å². The van der Waals surface area contributed by atoms with E-state index in [0.29, 0.717) is 11.3 Å². The van der Waals surface area contributed by atoms with Gasteiger partial charge in [0, 0.05) is 45.1 Å². The van der Waals surface area contributed by atoms with Crippen molar-refractivity contribution >= 4 is 22.7 Å². The molecule has 0 atom stereocenters. The van der Waals surface area contributed by atoms with Gasteiger partial charge in [-0.2, -0.15) is 4.98 Å². The summed E-state index contributed by atoms with van der Waals surface area (Å²) in [5.74, 6) is 0.664. The second-order valence-corrected chi connectivity index (χ2v) is 5.86. The summed E-state index contributed by atoms with van der Waals surface area (Å²) >= 11 is 0. The molecule has 1 aliphatic heterocycles. The van der Waals surface area contributed by atoms with Crippen molar-refractivity contribution in [1.82, 2.24) is 14.5 Å². The van der Waals surface area contributed by atoms with E-state index >= 15 is 0 Å². The molecular formula is C17H19N5O. The van der Waals surface area contributed by atoms with Gasteiger partial charge in [0.25, 0.3) is 5.56 Å². The summed E-state index contributed by atoms with van der Waals surface area (Å²) in [5, 5.41) is 0.638. The maximum atomic E-state index is 12.2. The van der Waals surface area contributed by atoms with Crippen LogP contribution in [-0.4, -0.2) is 40.7 Å². The minimum absolute atomic E-state index is 0.0731. The number of hydrogen-bond acceptors (Lipinski definition) is 4. The lowest BCUT2D eigenvalue weighted by atomic mass is 10.2. The number of benzene rings is 1. The summed E-state index contributed by atoms with van der Waals surface area (Å²) < 4.78 is 1.88. The molecule has 0 radical (unpaired) electrons. The second kappa shape index (κ2) is 5.46. The summed E-state index contributed by atoms with van der Waals surface area (Å²) in [6.45, 7) is 3.51. The number of anilines is 2. The maximum absolute atomic E-state index is 12.2. The van der Waals surface area contributed by atoms with Gasteiger partial charge in [-0.3, -0.25) is 9.78 Å². The fourth-order valence-corrected chi connectivity index (χ4v) is 3.10. The van der Waals surface area contributed by atoms with Crippen molar-refractivity contribution in [2.45, 2.75) is 0 Å². The summed E-state index contributed by atoms with van der Waals surface area (Å²) in [6, 6.07) is 12.2. The molecule has 0 saturated carbocycles. The molecule has 6 heteroatoms. The van der Waals surface area contributed by atoms with Crippen LogP contribution in [0, 0.1) is 0 Å². The monoisotopic (exact) mass is 309 g/mol. The average Bonchev–Trinajstić information content (AvgIpc) is 2.98. The van der Waals surface area contributed by atoms with E-state index < -0.39 is 0 Å². The number of aromatic nitrogens is 3. The lowest BCUT2D eigenvalue weighted by molar-refractivity contribution is 0.640. The third kappa shape index (κ3) is 2.46. The Bertz CT molecular complexity index is 875. The molecule has 3 aromatic rings. The minimum atomic E-state index is -0.0731. The molecule has 1 N–H and O–H groups in total. The van der Waals surface area contributed by atoms with Gasteiger partial charge in [0.15, 0.2) is 0 Å². The van der Waals surface area contributed by atoms with Crippen LogP contribution in [0.1, 0.15) is 0 Å². The van der Waals surface area contributed by atoms with Gasteiger partial charge in [-0.25, -0.2) is 0 Å². The normalized spacial score (nSPS) is 15.3. The van der Waals surface area contributed by atoms with E-state index in [1.807, 2.05) is 23.9 Å². The van der Waals surface area contributed by atoms with Crippen LogP contribution >= 0.6 is 0 Å². The SMILES string of the molecule is Cn1ccc2c(=O)[nH]c(N3CCN(c4ccccc4)CC3)nc21. The Morgan fingerprint density at radius 3 is 2.43 bits per heavy atom. The average molecular weight is 309 g/mol. The van der Waals surface area contributed by atoms with Crippen LogP contribution < -0.4 is 15.4 Å². The van der Waals surface area contributed by atoms with Gasteiger partial charge in [0.05, 0.1) is 5.39 Å². The number of piperazine rings is 1. The molecule has 3 heterocycles. The first-order chi connectivity index (χ1) is 11.2. The van der Waals surface area contributed by atoms with E-state index in [-0.39, 0.29) is 5.56 Å². The van der Waals surface area contributed by atoms with Crippen LogP contribution in [0.4, 0.5) is 11.6 Å². The van der Waals surface area contributed by atoms with E-state index in [0.717, 1.165) is 31.8 Å². The number of rotatable bonds is 2. The maximum Gasteiger partial charge on any atom is 0.261 e. The lowest BCUT2D eigenvalue weighted by Gasteiger charge is -2.36. The number of H-pyrrole nitrogens is 1. The van der Waals surface area contributed by atoms with Gasteiger partial charge < -0.3 is 14.4 Å². The van der Waals surface area contributed by atoms with Crippen molar-refractivity contribution in [2.24, 2.45) is 7.05 Å². The molecule has 1 saturated heterocycles. The highest BCUT2D eigenvalue weighted by molar-refractivity contribution is 5.76. The van der Waals surface area contributed by atoms with E-state index in [4.69, 9.17) is 0 Å². The standard InChI is InChI=1S/C17H19N5O/c1-20-8-7-14-15(20)18-17(19-16(14)23)22-11-9-21(10-12-22)13-5-3-2-4-6-13/h2-8H,9-12H2,1H3,(H,18,19,23). The molecule has 0 unspecified atom stereocenters. The van der Waals surface area contributed by atoms with E-state index in [1.165, 1.54) is 5.69 Å². The Hall–Kier alpha value is -2.76. The lowest BCUT2D eigenvalue weighted by Crippen LogP contribution is -2.47. The van der Waals surface area contributed by atoms with Crippen molar-refractivity contribution in [1.29, 1.82) is 0 Å². The molecule has 1 aromatic carbocycles. The van der Waals surface area contributed by atoms with Gasteiger partial charge in [0.2, 0.25) is 5.95 Å². The van der Waals surface area contributed by atoms with Gasteiger partial charge >= 0.3 is 0 Å². The van der Waals surface area contributed by atoms with Gasteiger partial charge in [-0.05, 0) is 18.2 Å². The van der Waals surface area contributed by atoms with Crippen molar-refractivity contribution in [3.63, 3.8) is 0 Å². The van der Waals surface area contributed by atoms with Gasteiger partial charge in [-0.15, -0.1) is 0 Å². The molecule has 6 nitrogen and oxygen atoms in total. The highest BCUT2D eigenvalue weighted by Gasteiger charge is 2.20. The molecule has 0 bridgehead atoms. The van der Waals surface area contributed by atoms with E-state index in [2.05, 4.69) is 44.0 Å². The van der Waals surface area contributed by atoms with Crippen LogP contribution in [0.2, 0.25) is 0 Å². The molecule has 0 amide bonds. The fourth-order valence-electron chi connectivity index (χ4n) is 3.10. The molecule has 118 valence electrons. The number of fused-ring (bicyclic) bond motifs is 1. The van der Waals surface area contributed by atoms with Gasteiger partial charge in [0.1, 0.15) is 5.65 Å². The molecular weight excluding hydrogens is 290 g/mol. The summed E-state index contributed by atoms with van der Waals surface area (Å²) in [4.78, 5) is 24.2. The smallest absolute Gasteiger partial charge is 0.261 e. The van der Waals surface area contributed by atoms with E-state index in [1.54, 1.807) is 6.07 Å². The quantitative estimate of drug-likeness (QED) is 0.781. The zero-order valence-electron chi connectivity index (χ0n) is 13.1. The van der Waals surface area contributed by atoms with Crippen molar-refractivity contribution in [3.05, 3.63) is 52.9 Å². The first-order valence-corrected chi connectivity index (χ1v) is 7.83. The number of hydrogen-bond donors (Lipinski definition) is 1. The minimum Gasteiger partial charge on any atom is -0.368 e. The zero-order valence-corrected chi connectivity index (χ0v) is 13.1. The van der Waals surface area contributed by atoms with Crippen LogP contribution in [0.25, 0.3) is 11.0 Å². The molecule has 4 rings (SSSR count). The Labute approximate surface area is 134 Å². The first-order valence-electron chi connectivity index (χ1n) is 7.83. The molecule has 0 spiro atoms. The van der Waals surface area contributed by atoms with Crippen molar-refractivity contribution in [3.8, 4) is 0 Å². The van der Waals surface area contributed by atoms with Crippen molar-refractivity contribution in [2.75, 3.05) is 36.0 Å². The predicted molar refractivity (Wildman–Crippen MR) is 92.2 cm³/mol. The molecule has 23 heavy (non-hydrogen) atoms. The molecule has 1 fully saturated rings. The topological polar surface area (TPSA) is 57.2 Å². The highest BCUT2D eigenvalue weighted by atomic mass is 16.1. The first kappa shape index (κ1) is 13.9. The zero-order chi connectivity index (χ0) is 15.8. The van der Waals surface area contributed by atoms with Crippen LogP contribution in [0.5, 0.6) is 0 Å². The molecule has 0 aliphatic carbocycles. The Balaban J connectivity index is 1.57. The summed E-state index contributed by atoms with van der Waals surface area (Å²) in [7, 11) is 1.91. The third-order valence-corrected chi connectivity index (χ3v) is 4.42. The largest absolute Gasteiger partial charge is 0.368 e. The Morgan fingerprint density at radius 2 is 1.70 bits per heavy atom. The van der Waals surface area contributed by atoms with E-state index in [9.17, 15) is 4.79 Å². The number of aromatic amines is 1. The highest BCUT2D eigenvalue weighted by Crippen LogP contribution is 2.18. The van der Waals surface area contributed by atoms with Gasteiger partial charge in [-0.1, -0.05) is 18.2 Å². The fraction of sp³-hybridized carbons (Fsp3) is 0.294. The molecule has 2 aromatic heterocycles. The second-order valence-electron chi connectivity index (χ2n) is 5.86. The Morgan fingerprint density at radius 1 is 1.00 bits per heavy atom. The summed E-state index contributed by atoms with van der Waals surface area (Å²) in [6.07, 6.45) is 1.87. The number of nitrogens with one attached hydrogen (secondary N) is 1. The summed E-state index contributed by atoms with van der Waals surface area (Å²) in [5.41, 5.74) is 1.90. The van der Waals surface area contributed by atoms with Crippen LogP contribution in [0.3, 0.4) is 0 Å². The third-order valence-electron chi connectivity index (χ3n) is 4.42. The van der Waals surface area contributed by atoms with Crippen LogP contribution in [-0.2, 0) is 7.05 Å².